The van der Waals surface area contributed by atoms with Crippen LogP contribution in [0, 0.1) is 0 Å². The number of hydrogen-bond donors (Lipinski definition) is 0. The molecule has 0 bridgehead atoms. The number of ketones is 1. The average Bonchev–Trinajstić information content (AvgIpc) is 2.62. The summed E-state index contributed by atoms with van der Waals surface area (Å²) in [4.78, 5) is 25.0. The molecule has 0 saturated heterocycles. The van der Waals surface area contributed by atoms with Crippen molar-refractivity contribution in [2.24, 2.45) is 0 Å². The molecule has 0 aromatic heterocycles. The van der Waals surface area contributed by atoms with Crippen LogP contribution in [0.3, 0.4) is 0 Å². The van der Waals surface area contributed by atoms with Crippen LogP contribution in [0.5, 0.6) is 0 Å². The quantitative estimate of drug-likeness (QED) is 0.734. The molecule has 1 aliphatic heterocycles. The molecule has 1 heterocycles. The van der Waals surface area contributed by atoms with Gasteiger partial charge in [0.2, 0.25) is 5.91 Å². The van der Waals surface area contributed by atoms with E-state index in [9.17, 15) is 9.59 Å². The van der Waals surface area contributed by atoms with Crippen LogP contribution in [-0.4, -0.2) is 17.7 Å². The Morgan fingerprint density at radius 3 is 2.71 bits per heavy atom. The number of carbonyl (C=O) groups excluding carboxylic acids is 2. The number of carbonyl (C=O) groups is 2. The van der Waals surface area contributed by atoms with Crippen molar-refractivity contribution in [2.75, 3.05) is 4.90 Å². The number of Topliss-reactive ketones (excluding diaryl/α,β-unsaturated/α-hetero) is 1. The zero-order chi connectivity index (χ0) is 12.6. The second-order valence-electron chi connectivity index (χ2n) is 4.56. The van der Waals surface area contributed by atoms with E-state index in [2.05, 4.69) is 0 Å². The predicted octanol–water partition coefficient (Wildman–Crippen LogP) is 2.58. The molecule has 17 heavy (non-hydrogen) atoms. The lowest BCUT2D eigenvalue weighted by Crippen LogP contribution is -2.33. The number of hydrogen-bond acceptors (Lipinski definition) is 2. The maximum atomic E-state index is 11.6. The molecule has 0 spiro atoms. The molecule has 0 saturated carbocycles. The summed E-state index contributed by atoms with van der Waals surface area (Å²) in [5, 5.41) is 0. The summed E-state index contributed by atoms with van der Waals surface area (Å²) >= 11 is 0. The van der Waals surface area contributed by atoms with E-state index in [0.29, 0.717) is 6.42 Å². The zero-order valence-electron chi connectivity index (χ0n) is 10.5. The van der Waals surface area contributed by atoms with Crippen molar-refractivity contribution in [3.63, 3.8) is 0 Å². The Balaban J connectivity index is 2.41. The standard InChI is InChI=1S/C14H17NO2/c1-4-14(17)11-5-6-13-12(8-11)7-9(2)15(13)10(3)16/h5-6,8-9H,4,7H2,1-3H3. The third-order valence-corrected chi connectivity index (χ3v) is 3.28. The molecule has 1 aromatic rings. The lowest BCUT2D eigenvalue weighted by Gasteiger charge is -2.20. The van der Waals surface area contributed by atoms with Crippen LogP contribution in [-0.2, 0) is 11.2 Å². The van der Waals surface area contributed by atoms with E-state index < -0.39 is 0 Å². The Labute approximate surface area is 101 Å². The molecule has 2 rings (SSSR count). The van der Waals surface area contributed by atoms with Gasteiger partial charge in [0.15, 0.2) is 5.78 Å². The van der Waals surface area contributed by atoms with Crippen molar-refractivity contribution < 1.29 is 9.59 Å². The van der Waals surface area contributed by atoms with E-state index in [0.717, 1.165) is 23.2 Å². The lowest BCUT2D eigenvalue weighted by molar-refractivity contribution is -0.116. The molecule has 1 aromatic carbocycles. The fraction of sp³-hybridized carbons (Fsp3) is 0.429. The summed E-state index contributed by atoms with van der Waals surface area (Å²) in [6.07, 6.45) is 1.35. The fourth-order valence-corrected chi connectivity index (χ4v) is 2.49. The van der Waals surface area contributed by atoms with Crippen molar-refractivity contribution in [1.29, 1.82) is 0 Å². The largest absolute Gasteiger partial charge is 0.309 e. The second-order valence-corrected chi connectivity index (χ2v) is 4.56. The van der Waals surface area contributed by atoms with Crippen LogP contribution >= 0.6 is 0 Å². The Bertz CT molecular complexity index is 479. The van der Waals surface area contributed by atoms with Gasteiger partial charge in [-0.3, -0.25) is 9.59 Å². The Morgan fingerprint density at radius 2 is 2.12 bits per heavy atom. The number of rotatable bonds is 2. The van der Waals surface area contributed by atoms with E-state index in [-0.39, 0.29) is 17.7 Å². The third-order valence-electron chi connectivity index (χ3n) is 3.28. The minimum absolute atomic E-state index is 0.0609. The molecule has 0 N–H and O–H groups in total. The van der Waals surface area contributed by atoms with Crippen molar-refractivity contribution in [3.05, 3.63) is 29.3 Å². The molecule has 1 atom stereocenters. The van der Waals surface area contributed by atoms with Crippen LogP contribution in [0.1, 0.15) is 43.1 Å². The maximum absolute atomic E-state index is 11.6. The van der Waals surface area contributed by atoms with Crippen LogP contribution < -0.4 is 4.90 Å². The van der Waals surface area contributed by atoms with Crippen molar-refractivity contribution >= 4 is 17.4 Å². The average molecular weight is 231 g/mol. The van der Waals surface area contributed by atoms with Gasteiger partial charge in [0.1, 0.15) is 0 Å². The van der Waals surface area contributed by atoms with Gasteiger partial charge >= 0.3 is 0 Å². The van der Waals surface area contributed by atoms with E-state index >= 15 is 0 Å². The smallest absolute Gasteiger partial charge is 0.224 e. The molecule has 1 amide bonds. The molecule has 0 radical (unpaired) electrons. The number of benzene rings is 1. The van der Waals surface area contributed by atoms with Crippen molar-refractivity contribution in [2.45, 2.75) is 39.7 Å². The summed E-state index contributed by atoms with van der Waals surface area (Å²) in [7, 11) is 0. The highest BCUT2D eigenvalue weighted by molar-refractivity contribution is 5.99. The van der Waals surface area contributed by atoms with Gasteiger partial charge in [-0.2, -0.15) is 0 Å². The second kappa shape index (κ2) is 4.32. The summed E-state index contributed by atoms with van der Waals surface area (Å²) in [5.41, 5.74) is 2.81. The van der Waals surface area contributed by atoms with Gasteiger partial charge in [-0.25, -0.2) is 0 Å². The molecule has 1 aliphatic rings. The number of anilines is 1. The van der Waals surface area contributed by atoms with Gasteiger partial charge < -0.3 is 4.90 Å². The van der Waals surface area contributed by atoms with Crippen molar-refractivity contribution in [1.82, 2.24) is 0 Å². The normalized spacial score (nSPS) is 18.1. The first-order chi connectivity index (χ1) is 8.04. The molecule has 0 aliphatic carbocycles. The van der Waals surface area contributed by atoms with Crippen LogP contribution in [0.2, 0.25) is 0 Å². The van der Waals surface area contributed by atoms with Gasteiger partial charge in [-0.05, 0) is 37.1 Å². The van der Waals surface area contributed by atoms with Crippen LogP contribution in [0.4, 0.5) is 5.69 Å². The Morgan fingerprint density at radius 1 is 1.41 bits per heavy atom. The first-order valence-corrected chi connectivity index (χ1v) is 6.00. The fourth-order valence-electron chi connectivity index (χ4n) is 2.49. The molecule has 0 fully saturated rings. The van der Waals surface area contributed by atoms with E-state index in [1.807, 2.05) is 32.0 Å². The summed E-state index contributed by atoms with van der Waals surface area (Å²) in [6.45, 7) is 5.47. The first-order valence-electron chi connectivity index (χ1n) is 6.00. The Hall–Kier alpha value is -1.64. The predicted molar refractivity (Wildman–Crippen MR) is 67.4 cm³/mol. The number of fused-ring (bicyclic) bond motifs is 1. The summed E-state index contributed by atoms with van der Waals surface area (Å²) < 4.78 is 0. The number of amides is 1. The van der Waals surface area contributed by atoms with Gasteiger partial charge in [-0.15, -0.1) is 0 Å². The zero-order valence-corrected chi connectivity index (χ0v) is 10.5. The van der Waals surface area contributed by atoms with Crippen molar-refractivity contribution in [3.8, 4) is 0 Å². The van der Waals surface area contributed by atoms with Gasteiger partial charge in [-0.1, -0.05) is 6.92 Å². The summed E-state index contributed by atoms with van der Waals surface area (Å²) in [5.74, 6) is 0.215. The van der Waals surface area contributed by atoms with Crippen LogP contribution in [0.25, 0.3) is 0 Å². The Kier molecular flexibility index (Phi) is 3.01. The SMILES string of the molecule is CCC(=O)c1ccc2c(c1)CC(C)N2C(C)=O. The molecule has 3 nitrogen and oxygen atoms in total. The van der Waals surface area contributed by atoms with E-state index in [1.165, 1.54) is 0 Å². The topological polar surface area (TPSA) is 37.4 Å². The lowest BCUT2D eigenvalue weighted by atomic mass is 10.0. The third kappa shape index (κ3) is 1.97. The minimum atomic E-state index is 0.0609. The minimum Gasteiger partial charge on any atom is -0.309 e. The molecule has 3 heteroatoms. The first kappa shape index (κ1) is 11.8. The maximum Gasteiger partial charge on any atom is 0.224 e. The van der Waals surface area contributed by atoms with E-state index in [4.69, 9.17) is 0 Å². The highest BCUT2D eigenvalue weighted by Gasteiger charge is 2.29. The molecule has 90 valence electrons. The van der Waals surface area contributed by atoms with Gasteiger partial charge in [0.25, 0.3) is 0 Å². The highest BCUT2D eigenvalue weighted by Crippen LogP contribution is 2.33. The summed E-state index contributed by atoms with van der Waals surface area (Å²) in [6, 6.07) is 5.83. The highest BCUT2D eigenvalue weighted by atomic mass is 16.2. The molecular weight excluding hydrogens is 214 g/mol. The van der Waals surface area contributed by atoms with Gasteiger partial charge in [0.05, 0.1) is 0 Å². The van der Waals surface area contributed by atoms with E-state index in [1.54, 1.807) is 11.8 Å². The monoisotopic (exact) mass is 231 g/mol. The molecule has 1 unspecified atom stereocenters. The molecular formula is C14H17NO2. The van der Waals surface area contributed by atoms with Crippen LogP contribution in [0.15, 0.2) is 18.2 Å². The number of nitrogens with zero attached hydrogens (tertiary/aromatic N) is 1. The van der Waals surface area contributed by atoms with Gasteiger partial charge in [0, 0.05) is 30.6 Å².